The first-order chi connectivity index (χ1) is 6.20. The van der Waals surface area contributed by atoms with Crippen LogP contribution in [0, 0.1) is 12.7 Å². The van der Waals surface area contributed by atoms with Crippen LogP contribution in [-0.2, 0) is 0 Å². The maximum Gasteiger partial charge on any atom is 0.168 e. The Kier molecular flexibility index (Phi) is 1.96. The molecule has 0 saturated heterocycles. The summed E-state index contributed by atoms with van der Waals surface area (Å²) < 4.78 is 18.6. The third-order valence-electron chi connectivity index (χ3n) is 2.32. The maximum atomic E-state index is 13.4. The summed E-state index contributed by atoms with van der Waals surface area (Å²) in [7, 11) is 0. The van der Waals surface area contributed by atoms with E-state index in [0.717, 1.165) is 0 Å². The fourth-order valence-corrected chi connectivity index (χ4v) is 1.51. The molecule has 2 nitrogen and oxygen atoms in total. The highest BCUT2D eigenvalue weighted by Gasteiger charge is 2.22. The van der Waals surface area contributed by atoms with Gasteiger partial charge in [-0.2, -0.15) is 0 Å². The molecule has 0 aromatic heterocycles. The lowest BCUT2D eigenvalue weighted by molar-refractivity contribution is 0.112. The van der Waals surface area contributed by atoms with Gasteiger partial charge in [0.15, 0.2) is 11.6 Å². The van der Waals surface area contributed by atoms with Gasteiger partial charge in [0.05, 0.1) is 12.7 Å². The minimum absolute atomic E-state index is 0.221. The number of aliphatic hydroxyl groups is 1. The molecule has 1 unspecified atom stereocenters. The van der Waals surface area contributed by atoms with E-state index in [1.807, 2.05) is 0 Å². The first-order valence-corrected chi connectivity index (χ1v) is 4.30. The molecule has 1 N–H and O–H groups in total. The minimum atomic E-state index is -0.584. The zero-order chi connectivity index (χ0) is 9.42. The van der Waals surface area contributed by atoms with E-state index in [9.17, 15) is 9.50 Å². The van der Waals surface area contributed by atoms with Gasteiger partial charge in [0.1, 0.15) is 0 Å². The zero-order valence-corrected chi connectivity index (χ0v) is 7.38. The Morgan fingerprint density at radius 3 is 3.08 bits per heavy atom. The van der Waals surface area contributed by atoms with E-state index in [-0.39, 0.29) is 11.6 Å². The number of aryl methyl sites for hydroxylation is 1. The summed E-state index contributed by atoms with van der Waals surface area (Å²) in [5.74, 6) is -0.130. The third kappa shape index (κ3) is 1.29. The maximum absolute atomic E-state index is 13.4. The normalized spacial score (nSPS) is 20.7. The van der Waals surface area contributed by atoms with Crippen molar-refractivity contribution in [2.75, 3.05) is 6.61 Å². The first kappa shape index (κ1) is 8.51. The SMILES string of the molecule is Cc1ccc2c(c1F)OCCC2O. The van der Waals surface area contributed by atoms with Gasteiger partial charge in [-0.3, -0.25) is 0 Å². The molecule has 0 aliphatic carbocycles. The number of fused-ring (bicyclic) bond motifs is 1. The summed E-state index contributed by atoms with van der Waals surface area (Å²) in [6.07, 6.45) is -0.0472. The molecule has 0 fully saturated rings. The first-order valence-electron chi connectivity index (χ1n) is 4.30. The van der Waals surface area contributed by atoms with Crippen LogP contribution in [0.25, 0.3) is 0 Å². The molecule has 1 aromatic carbocycles. The lowest BCUT2D eigenvalue weighted by Crippen LogP contribution is -2.15. The van der Waals surface area contributed by atoms with Crippen molar-refractivity contribution in [2.24, 2.45) is 0 Å². The van der Waals surface area contributed by atoms with Crippen LogP contribution < -0.4 is 4.74 Å². The summed E-state index contributed by atoms with van der Waals surface area (Å²) >= 11 is 0. The van der Waals surface area contributed by atoms with E-state index >= 15 is 0 Å². The summed E-state index contributed by atoms with van der Waals surface area (Å²) in [4.78, 5) is 0. The van der Waals surface area contributed by atoms with Gasteiger partial charge in [-0.1, -0.05) is 12.1 Å². The second-order valence-electron chi connectivity index (χ2n) is 3.27. The standard InChI is InChI=1S/C10H11FO2/c1-6-2-3-7-8(12)4-5-13-10(7)9(6)11/h2-3,8,12H,4-5H2,1H3. The molecule has 13 heavy (non-hydrogen) atoms. The molecule has 0 radical (unpaired) electrons. The molecule has 0 amide bonds. The van der Waals surface area contributed by atoms with E-state index in [0.29, 0.717) is 24.2 Å². The Hall–Kier alpha value is -1.09. The highest BCUT2D eigenvalue weighted by atomic mass is 19.1. The molecule has 0 bridgehead atoms. The summed E-state index contributed by atoms with van der Waals surface area (Å²) in [6.45, 7) is 2.06. The minimum Gasteiger partial charge on any atom is -0.490 e. The molecular formula is C10H11FO2. The molecule has 1 heterocycles. The van der Waals surface area contributed by atoms with Crippen LogP contribution in [0.4, 0.5) is 4.39 Å². The van der Waals surface area contributed by atoms with Gasteiger partial charge in [-0.25, -0.2) is 4.39 Å². The van der Waals surface area contributed by atoms with Crippen LogP contribution in [0.1, 0.15) is 23.7 Å². The smallest absolute Gasteiger partial charge is 0.168 e. The number of halogens is 1. The van der Waals surface area contributed by atoms with Gasteiger partial charge in [0, 0.05) is 12.0 Å². The molecule has 0 saturated carbocycles. The zero-order valence-electron chi connectivity index (χ0n) is 7.38. The van der Waals surface area contributed by atoms with E-state index in [4.69, 9.17) is 4.74 Å². The Labute approximate surface area is 76.0 Å². The molecule has 1 atom stereocenters. The van der Waals surface area contributed by atoms with Crippen LogP contribution in [0.2, 0.25) is 0 Å². The number of ether oxygens (including phenoxy) is 1. The van der Waals surface area contributed by atoms with Gasteiger partial charge in [-0.05, 0) is 12.5 Å². The molecule has 70 valence electrons. The number of hydrogen-bond acceptors (Lipinski definition) is 2. The van der Waals surface area contributed by atoms with Gasteiger partial charge >= 0.3 is 0 Å². The van der Waals surface area contributed by atoms with Crippen LogP contribution >= 0.6 is 0 Å². The fraction of sp³-hybridized carbons (Fsp3) is 0.400. The second kappa shape index (κ2) is 3.00. The van der Waals surface area contributed by atoms with Crippen LogP contribution in [0.3, 0.4) is 0 Å². The second-order valence-corrected chi connectivity index (χ2v) is 3.27. The Bertz CT molecular complexity index is 336. The van der Waals surface area contributed by atoms with Gasteiger partial charge in [0.25, 0.3) is 0 Å². The van der Waals surface area contributed by atoms with Crippen molar-refractivity contribution in [2.45, 2.75) is 19.4 Å². The third-order valence-corrected chi connectivity index (χ3v) is 2.32. The van der Waals surface area contributed by atoms with Crippen LogP contribution in [-0.4, -0.2) is 11.7 Å². The Morgan fingerprint density at radius 2 is 2.31 bits per heavy atom. The van der Waals surface area contributed by atoms with E-state index in [1.165, 1.54) is 0 Å². The van der Waals surface area contributed by atoms with Crippen molar-refractivity contribution in [1.29, 1.82) is 0 Å². The van der Waals surface area contributed by atoms with Crippen molar-refractivity contribution >= 4 is 0 Å². The molecule has 3 heteroatoms. The van der Waals surface area contributed by atoms with Crippen molar-refractivity contribution in [3.63, 3.8) is 0 Å². The Balaban J connectivity index is 2.56. The number of aliphatic hydroxyl groups excluding tert-OH is 1. The topological polar surface area (TPSA) is 29.5 Å². The summed E-state index contributed by atoms with van der Waals surface area (Å²) in [6, 6.07) is 3.38. The predicted molar refractivity (Wildman–Crippen MR) is 46.2 cm³/mol. The Morgan fingerprint density at radius 1 is 1.54 bits per heavy atom. The van der Waals surface area contributed by atoms with Crippen molar-refractivity contribution in [1.82, 2.24) is 0 Å². The molecule has 2 rings (SSSR count). The lowest BCUT2D eigenvalue weighted by atomic mass is 10.0. The largest absolute Gasteiger partial charge is 0.490 e. The average Bonchev–Trinajstić information content (AvgIpc) is 2.12. The van der Waals surface area contributed by atoms with Crippen LogP contribution in [0.15, 0.2) is 12.1 Å². The summed E-state index contributed by atoms with van der Waals surface area (Å²) in [5, 5.41) is 9.53. The van der Waals surface area contributed by atoms with Crippen molar-refractivity contribution < 1.29 is 14.2 Å². The van der Waals surface area contributed by atoms with E-state index < -0.39 is 6.10 Å². The molecule has 1 aliphatic heterocycles. The highest BCUT2D eigenvalue weighted by molar-refractivity contribution is 5.41. The lowest BCUT2D eigenvalue weighted by Gasteiger charge is -2.22. The van der Waals surface area contributed by atoms with Crippen molar-refractivity contribution in [3.05, 3.63) is 29.1 Å². The monoisotopic (exact) mass is 182 g/mol. The molecule has 1 aromatic rings. The van der Waals surface area contributed by atoms with Gasteiger partial charge in [0.2, 0.25) is 0 Å². The highest BCUT2D eigenvalue weighted by Crippen LogP contribution is 2.35. The van der Waals surface area contributed by atoms with E-state index in [1.54, 1.807) is 19.1 Å². The molecule has 1 aliphatic rings. The average molecular weight is 182 g/mol. The van der Waals surface area contributed by atoms with Gasteiger partial charge < -0.3 is 9.84 Å². The van der Waals surface area contributed by atoms with Crippen molar-refractivity contribution in [3.8, 4) is 5.75 Å². The molecular weight excluding hydrogens is 171 g/mol. The van der Waals surface area contributed by atoms with Crippen LogP contribution in [0.5, 0.6) is 5.75 Å². The number of rotatable bonds is 0. The molecule has 0 spiro atoms. The fourth-order valence-electron chi connectivity index (χ4n) is 1.51. The van der Waals surface area contributed by atoms with E-state index in [2.05, 4.69) is 0 Å². The quantitative estimate of drug-likeness (QED) is 0.664. The number of hydrogen-bond donors (Lipinski definition) is 1. The van der Waals surface area contributed by atoms with Gasteiger partial charge in [-0.15, -0.1) is 0 Å². The summed E-state index contributed by atoms with van der Waals surface area (Å²) in [5.41, 5.74) is 1.11. The number of benzene rings is 1. The predicted octanol–water partition coefficient (Wildman–Crippen LogP) is 1.95.